The second kappa shape index (κ2) is 5.52. The molecule has 3 aromatic rings. The van der Waals surface area contributed by atoms with Gasteiger partial charge in [0.15, 0.2) is 0 Å². The van der Waals surface area contributed by atoms with Gasteiger partial charge in [0.2, 0.25) is 5.91 Å². The van der Waals surface area contributed by atoms with Crippen LogP contribution in [-0.2, 0) is 17.8 Å². The fraction of sp³-hybridized carbons (Fsp3) is 0.222. The Kier molecular flexibility index (Phi) is 3.35. The molecule has 5 heteroatoms. The van der Waals surface area contributed by atoms with Crippen molar-refractivity contribution in [3.8, 4) is 0 Å². The fourth-order valence-electron chi connectivity index (χ4n) is 3.11. The molecule has 1 atom stereocenters. The summed E-state index contributed by atoms with van der Waals surface area (Å²) >= 11 is 0. The van der Waals surface area contributed by atoms with Crippen molar-refractivity contribution in [3.05, 3.63) is 65.5 Å². The van der Waals surface area contributed by atoms with Crippen LogP contribution in [0.2, 0.25) is 0 Å². The van der Waals surface area contributed by atoms with Crippen molar-refractivity contribution in [1.82, 2.24) is 14.9 Å². The van der Waals surface area contributed by atoms with Gasteiger partial charge < -0.3 is 15.0 Å². The summed E-state index contributed by atoms with van der Waals surface area (Å²) < 4.78 is 0. The molecule has 0 spiro atoms. The van der Waals surface area contributed by atoms with Crippen LogP contribution in [-0.4, -0.2) is 32.4 Å². The largest absolute Gasteiger partial charge is 0.387 e. The predicted molar refractivity (Wildman–Crippen MR) is 86.6 cm³/mol. The molecule has 0 bridgehead atoms. The normalized spacial score (nSPS) is 17.3. The minimum Gasteiger partial charge on any atom is -0.387 e. The number of para-hydroxylation sites is 2. The number of aromatic nitrogens is 2. The van der Waals surface area contributed by atoms with E-state index in [1.165, 1.54) is 0 Å². The van der Waals surface area contributed by atoms with E-state index in [2.05, 4.69) is 9.97 Å². The van der Waals surface area contributed by atoms with Crippen molar-refractivity contribution in [3.63, 3.8) is 0 Å². The number of benzene rings is 2. The number of aliphatic hydroxyl groups excluding tert-OH is 1. The number of hydrogen-bond acceptors (Lipinski definition) is 3. The number of hydrogen-bond donors (Lipinski definition) is 2. The van der Waals surface area contributed by atoms with Crippen LogP contribution in [0.25, 0.3) is 11.0 Å². The lowest BCUT2D eigenvalue weighted by atomic mass is 9.97. The van der Waals surface area contributed by atoms with Gasteiger partial charge in [-0.2, -0.15) is 0 Å². The maximum atomic E-state index is 12.6. The monoisotopic (exact) mass is 307 g/mol. The van der Waals surface area contributed by atoms with Crippen LogP contribution < -0.4 is 0 Å². The third-order valence-corrected chi connectivity index (χ3v) is 4.28. The van der Waals surface area contributed by atoms with Crippen LogP contribution in [0.1, 0.15) is 23.1 Å². The average Bonchev–Trinajstić information content (AvgIpc) is 2.97. The lowest BCUT2D eigenvalue weighted by Crippen LogP contribution is -2.39. The van der Waals surface area contributed by atoms with Gasteiger partial charge in [-0.15, -0.1) is 0 Å². The van der Waals surface area contributed by atoms with Gasteiger partial charge in [-0.25, -0.2) is 4.98 Å². The van der Waals surface area contributed by atoms with Gasteiger partial charge in [-0.3, -0.25) is 4.79 Å². The maximum absolute atomic E-state index is 12.6. The van der Waals surface area contributed by atoms with Gasteiger partial charge in [0.25, 0.3) is 0 Å². The highest BCUT2D eigenvalue weighted by atomic mass is 16.3. The van der Waals surface area contributed by atoms with E-state index in [1.807, 2.05) is 48.5 Å². The zero-order chi connectivity index (χ0) is 15.8. The number of amides is 1. The number of H-pyrrole nitrogens is 1. The Balaban J connectivity index is 1.53. The number of β-amino-alcohol motifs (C(OH)–C–C–N with tert-alkyl or cyclic N) is 1. The molecule has 2 N–H and O–H groups in total. The van der Waals surface area contributed by atoms with Crippen LogP contribution in [0.4, 0.5) is 0 Å². The molecular weight excluding hydrogens is 290 g/mol. The number of carbonyl (C=O) groups is 1. The number of rotatable bonds is 2. The van der Waals surface area contributed by atoms with Crippen LogP contribution in [0.15, 0.2) is 48.5 Å². The van der Waals surface area contributed by atoms with Crippen LogP contribution in [0.5, 0.6) is 0 Å². The van der Waals surface area contributed by atoms with Gasteiger partial charge in [0.1, 0.15) is 5.82 Å². The summed E-state index contributed by atoms with van der Waals surface area (Å²) in [6, 6.07) is 15.4. The number of aromatic amines is 1. The molecule has 1 aliphatic heterocycles. The molecular formula is C18H17N3O2. The Bertz CT molecular complexity index is 838. The van der Waals surface area contributed by atoms with Gasteiger partial charge in [0, 0.05) is 6.54 Å². The van der Waals surface area contributed by atoms with E-state index in [9.17, 15) is 9.90 Å². The van der Waals surface area contributed by atoms with Gasteiger partial charge >= 0.3 is 0 Å². The van der Waals surface area contributed by atoms with Crippen LogP contribution in [0.3, 0.4) is 0 Å². The lowest BCUT2D eigenvalue weighted by molar-refractivity contribution is -0.133. The van der Waals surface area contributed by atoms with E-state index in [1.54, 1.807) is 4.90 Å². The van der Waals surface area contributed by atoms with E-state index in [-0.39, 0.29) is 12.3 Å². The number of carbonyl (C=O) groups excluding carboxylic acids is 1. The van der Waals surface area contributed by atoms with E-state index in [0.29, 0.717) is 18.9 Å². The Morgan fingerprint density at radius 1 is 1.22 bits per heavy atom. The molecule has 0 aliphatic carbocycles. The van der Waals surface area contributed by atoms with E-state index in [4.69, 9.17) is 0 Å². The third-order valence-electron chi connectivity index (χ3n) is 4.28. The summed E-state index contributed by atoms with van der Waals surface area (Å²) in [6.07, 6.45) is -0.414. The summed E-state index contributed by atoms with van der Waals surface area (Å²) in [6.45, 7) is 0.863. The average molecular weight is 307 g/mol. The Labute approximate surface area is 133 Å². The van der Waals surface area contributed by atoms with Crippen molar-refractivity contribution in [1.29, 1.82) is 0 Å². The molecule has 0 radical (unpaired) electrons. The quantitative estimate of drug-likeness (QED) is 0.762. The van der Waals surface area contributed by atoms with E-state index in [0.717, 1.165) is 22.2 Å². The molecule has 0 fully saturated rings. The zero-order valence-corrected chi connectivity index (χ0v) is 12.6. The first-order valence-electron chi connectivity index (χ1n) is 7.68. The van der Waals surface area contributed by atoms with Crippen molar-refractivity contribution in [2.75, 3.05) is 6.54 Å². The van der Waals surface area contributed by atoms with Gasteiger partial charge in [-0.05, 0) is 23.3 Å². The van der Waals surface area contributed by atoms with Crippen LogP contribution in [0, 0.1) is 0 Å². The molecule has 1 amide bonds. The molecule has 2 heterocycles. The number of nitrogens with one attached hydrogen (secondary N) is 1. The molecule has 0 unspecified atom stereocenters. The topological polar surface area (TPSA) is 69.2 Å². The Hall–Kier alpha value is -2.66. The van der Waals surface area contributed by atoms with Crippen molar-refractivity contribution >= 4 is 16.9 Å². The lowest BCUT2D eigenvalue weighted by Gasteiger charge is -2.32. The number of aliphatic hydroxyl groups is 1. The highest BCUT2D eigenvalue weighted by Gasteiger charge is 2.26. The minimum absolute atomic E-state index is 0.0300. The number of fused-ring (bicyclic) bond motifs is 2. The second-order valence-electron chi connectivity index (χ2n) is 5.87. The van der Waals surface area contributed by atoms with Crippen molar-refractivity contribution in [2.24, 2.45) is 0 Å². The molecule has 116 valence electrons. The first-order chi connectivity index (χ1) is 11.2. The Morgan fingerprint density at radius 3 is 2.87 bits per heavy atom. The molecule has 23 heavy (non-hydrogen) atoms. The molecule has 0 saturated carbocycles. The summed E-state index contributed by atoms with van der Waals surface area (Å²) in [4.78, 5) is 21.9. The van der Waals surface area contributed by atoms with Crippen molar-refractivity contribution in [2.45, 2.75) is 19.1 Å². The van der Waals surface area contributed by atoms with Gasteiger partial charge in [0.05, 0.1) is 30.1 Å². The summed E-state index contributed by atoms with van der Waals surface area (Å²) in [5.74, 6) is 0.627. The molecule has 0 saturated heterocycles. The molecule has 1 aromatic heterocycles. The highest BCUT2D eigenvalue weighted by molar-refractivity contribution is 5.81. The smallest absolute Gasteiger partial charge is 0.230 e. The summed E-state index contributed by atoms with van der Waals surface area (Å²) in [5, 5.41) is 10.2. The zero-order valence-electron chi connectivity index (χ0n) is 12.6. The molecule has 2 aromatic carbocycles. The number of nitrogens with zero attached hydrogens (tertiary/aromatic N) is 2. The second-order valence-corrected chi connectivity index (χ2v) is 5.87. The predicted octanol–water partition coefficient (Wildman–Crippen LogP) is 2.18. The summed E-state index contributed by atoms with van der Waals surface area (Å²) in [7, 11) is 0. The molecule has 5 nitrogen and oxygen atoms in total. The minimum atomic E-state index is -0.625. The summed E-state index contributed by atoms with van der Waals surface area (Å²) in [5.41, 5.74) is 3.71. The van der Waals surface area contributed by atoms with E-state index >= 15 is 0 Å². The first-order valence-corrected chi connectivity index (χ1v) is 7.68. The van der Waals surface area contributed by atoms with E-state index < -0.39 is 6.10 Å². The Morgan fingerprint density at radius 2 is 2.00 bits per heavy atom. The fourth-order valence-corrected chi connectivity index (χ4v) is 3.11. The van der Waals surface area contributed by atoms with Crippen molar-refractivity contribution < 1.29 is 9.90 Å². The molecule has 4 rings (SSSR count). The van der Waals surface area contributed by atoms with Crippen LogP contribution >= 0.6 is 0 Å². The standard InChI is InChI=1S/C18H17N3O2/c22-16-11-21(10-12-5-1-2-6-13(12)16)18(23)9-17-19-14-7-3-4-8-15(14)20-17/h1-8,16,22H,9-11H2,(H,19,20)/t16-/m0/s1. The molecule has 1 aliphatic rings. The van der Waals surface area contributed by atoms with Gasteiger partial charge in [-0.1, -0.05) is 36.4 Å². The SMILES string of the molecule is O=C(Cc1nc2ccccc2[nH]1)N1Cc2ccccc2[C@@H](O)C1. The third kappa shape index (κ3) is 2.59. The highest BCUT2D eigenvalue weighted by Crippen LogP contribution is 2.26. The maximum Gasteiger partial charge on any atom is 0.230 e. The first kappa shape index (κ1) is 14.0. The number of imidazole rings is 1.